The molecule has 210 valence electrons. The van der Waals surface area contributed by atoms with E-state index in [0.29, 0.717) is 41.7 Å². The van der Waals surface area contributed by atoms with Crippen LogP contribution in [0.1, 0.15) is 84.6 Å². The molecule has 5 rings (SSSR count). The summed E-state index contributed by atoms with van der Waals surface area (Å²) in [6, 6.07) is 8.66. The van der Waals surface area contributed by atoms with Gasteiger partial charge in [-0.05, 0) is 86.4 Å². The Morgan fingerprint density at radius 2 is 1.85 bits per heavy atom. The molecule has 3 aliphatic rings. The third kappa shape index (κ3) is 5.42. The number of carboxylic acids is 1. The number of piperidine rings is 1. The third-order valence-corrected chi connectivity index (χ3v) is 9.36. The number of halogens is 3. The average molecular weight is 544 g/mol. The molecule has 1 aliphatic carbocycles. The molecule has 2 atom stereocenters. The van der Waals surface area contributed by atoms with Crippen LogP contribution in [0, 0.1) is 11.3 Å². The summed E-state index contributed by atoms with van der Waals surface area (Å²) in [5.41, 5.74) is 1.23. The minimum atomic E-state index is -4.46. The smallest absolute Gasteiger partial charge is 0.417 e. The quantitative estimate of drug-likeness (QED) is 0.519. The molecule has 1 aromatic carbocycles. The first-order valence-corrected chi connectivity index (χ1v) is 13.9. The van der Waals surface area contributed by atoms with E-state index >= 15 is 0 Å². The van der Waals surface area contributed by atoms with Gasteiger partial charge in [-0.1, -0.05) is 26.0 Å². The maximum Gasteiger partial charge on any atom is 0.417 e. The Bertz CT molecular complexity index is 1240. The molecular formula is C30H36F3N3O3. The molecule has 0 spiro atoms. The highest BCUT2D eigenvalue weighted by atomic mass is 19.4. The van der Waals surface area contributed by atoms with Crippen molar-refractivity contribution < 1.29 is 27.9 Å². The Kier molecular flexibility index (Phi) is 7.48. The van der Waals surface area contributed by atoms with Gasteiger partial charge in [0.25, 0.3) is 0 Å². The van der Waals surface area contributed by atoms with Crippen molar-refractivity contribution in [1.29, 1.82) is 0 Å². The molecule has 2 aliphatic heterocycles. The lowest BCUT2D eigenvalue weighted by atomic mass is 9.73. The molecule has 1 N–H and O–H groups in total. The lowest BCUT2D eigenvalue weighted by Crippen LogP contribution is -2.49. The largest absolute Gasteiger partial charge is 0.478 e. The van der Waals surface area contributed by atoms with E-state index in [1.807, 2.05) is 12.1 Å². The number of aromatic carboxylic acids is 1. The highest BCUT2D eigenvalue weighted by Crippen LogP contribution is 2.48. The number of likely N-dealkylation sites (tertiary alicyclic amines) is 1. The molecule has 6 nitrogen and oxygen atoms in total. The predicted octanol–water partition coefficient (Wildman–Crippen LogP) is 5.76. The number of hydrogen-bond donors (Lipinski definition) is 1. The van der Waals surface area contributed by atoms with Gasteiger partial charge in [-0.2, -0.15) is 13.2 Å². The number of benzene rings is 1. The summed E-state index contributed by atoms with van der Waals surface area (Å²) in [5, 5.41) is 9.33. The van der Waals surface area contributed by atoms with Gasteiger partial charge >= 0.3 is 12.1 Å². The number of pyridine rings is 1. The van der Waals surface area contributed by atoms with Gasteiger partial charge in [0.05, 0.1) is 16.5 Å². The third-order valence-electron chi connectivity index (χ3n) is 9.36. The van der Waals surface area contributed by atoms with Gasteiger partial charge in [0.1, 0.15) is 0 Å². The first kappa shape index (κ1) is 27.6. The fourth-order valence-electron chi connectivity index (χ4n) is 6.92. The van der Waals surface area contributed by atoms with Gasteiger partial charge in [0.15, 0.2) is 0 Å². The van der Waals surface area contributed by atoms with Crippen LogP contribution in [0.4, 0.5) is 13.2 Å². The first-order chi connectivity index (χ1) is 18.5. The zero-order valence-corrected chi connectivity index (χ0v) is 22.5. The Labute approximate surface area is 227 Å². The van der Waals surface area contributed by atoms with Crippen molar-refractivity contribution in [2.45, 2.75) is 77.1 Å². The van der Waals surface area contributed by atoms with Gasteiger partial charge in [-0.3, -0.25) is 9.78 Å². The lowest BCUT2D eigenvalue weighted by Gasteiger charge is -2.41. The van der Waals surface area contributed by atoms with E-state index in [1.165, 1.54) is 0 Å². The molecule has 0 radical (unpaired) electrons. The van der Waals surface area contributed by atoms with Crippen molar-refractivity contribution in [2.75, 3.05) is 19.6 Å². The number of amides is 1. The second-order valence-corrected chi connectivity index (χ2v) is 11.8. The molecule has 1 amide bonds. The highest BCUT2D eigenvalue weighted by molar-refractivity contribution is 5.87. The maximum absolute atomic E-state index is 14.0. The molecule has 2 fully saturated rings. The maximum atomic E-state index is 14.0. The van der Waals surface area contributed by atoms with Gasteiger partial charge in [0, 0.05) is 37.4 Å². The van der Waals surface area contributed by atoms with E-state index in [9.17, 15) is 27.9 Å². The average Bonchev–Trinajstić information content (AvgIpc) is 3.39. The van der Waals surface area contributed by atoms with Crippen molar-refractivity contribution in [3.8, 4) is 0 Å². The summed E-state index contributed by atoms with van der Waals surface area (Å²) in [5.74, 6) is -0.415. The molecule has 1 aromatic heterocycles. The summed E-state index contributed by atoms with van der Waals surface area (Å²) in [6.07, 6.45) is 1.24. The molecule has 1 saturated heterocycles. The summed E-state index contributed by atoms with van der Waals surface area (Å²) in [4.78, 5) is 33.7. The van der Waals surface area contributed by atoms with E-state index in [2.05, 4.69) is 23.7 Å². The van der Waals surface area contributed by atoms with E-state index in [-0.39, 0.29) is 18.4 Å². The van der Waals surface area contributed by atoms with Crippen LogP contribution in [-0.2, 0) is 23.9 Å². The van der Waals surface area contributed by atoms with Gasteiger partial charge < -0.3 is 14.9 Å². The van der Waals surface area contributed by atoms with Crippen LogP contribution in [0.25, 0.3) is 0 Å². The number of carbonyl (C=O) groups excluding carboxylic acids is 1. The molecular weight excluding hydrogens is 507 g/mol. The standard InChI is InChI=1S/C30H36F3N3O3/c1-19(2)29(28(39)36-13-9-26-23(18-36)15-24(17-34-26)30(31,32)33)10-6-25(16-29)35-11-7-20(8-12-35)21-4-3-5-22(14-21)27(37)38/h3-5,14-15,17,19-20,25H,6-13,16,18H2,1-2H3,(H,37,38)/t25-,29+/m1/s1. The van der Waals surface area contributed by atoms with Crippen LogP contribution < -0.4 is 0 Å². The minimum Gasteiger partial charge on any atom is -0.478 e. The number of nitrogens with zero attached hydrogens (tertiary/aromatic N) is 3. The second-order valence-electron chi connectivity index (χ2n) is 11.8. The van der Waals surface area contributed by atoms with Gasteiger partial charge in [-0.25, -0.2) is 4.79 Å². The van der Waals surface area contributed by atoms with Crippen LogP contribution in [0.15, 0.2) is 36.5 Å². The SMILES string of the molecule is CC(C)[C@]1(C(=O)N2CCc3ncc(C(F)(F)F)cc3C2)CC[C@@H](N2CCC(c3cccc(C(=O)O)c3)CC2)C1. The molecule has 3 heterocycles. The van der Waals surface area contributed by atoms with Crippen LogP contribution in [-0.4, -0.2) is 57.4 Å². The topological polar surface area (TPSA) is 73.7 Å². The molecule has 0 bridgehead atoms. The van der Waals surface area contributed by atoms with Crippen molar-refractivity contribution >= 4 is 11.9 Å². The lowest BCUT2D eigenvalue weighted by molar-refractivity contribution is -0.146. The van der Waals surface area contributed by atoms with E-state index in [1.54, 1.807) is 17.0 Å². The number of carbonyl (C=O) groups is 2. The van der Waals surface area contributed by atoms with Crippen molar-refractivity contribution in [1.82, 2.24) is 14.8 Å². The monoisotopic (exact) mass is 543 g/mol. The Balaban J connectivity index is 1.25. The summed E-state index contributed by atoms with van der Waals surface area (Å²) in [6.45, 7) is 6.62. The molecule has 39 heavy (non-hydrogen) atoms. The summed E-state index contributed by atoms with van der Waals surface area (Å²) in [7, 11) is 0. The number of aromatic nitrogens is 1. The van der Waals surface area contributed by atoms with Crippen LogP contribution in [0.3, 0.4) is 0 Å². The van der Waals surface area contributed by atoms with Gasteiger partial charge in [0.2, 0.25) is 5.91 Å². The fourth-order valence-corrected chi connectivity index (χ4v) is 6.92. The van der Waals surface area contributed by atoms with Crippen molar-refractivity contribution in [3.05, 3.63) is 64.5 Å². The second kappa shape index (κ2) is 10.6. The minimum absolute atomic E-state index is 0.0587. The molecule has 1 saturated carbocycles. The number of carboxylic acid groups (broad SMARTS) is 1. The summed E-state index contributed by atoms with van der Waals surface area (Å²) >= 11 is 0. The van der Waals surface area contributed by atoms with Crippen molar-refractivity contribution in [2.24, 2.45) is 11.3 Å². The molecule has 2 aromatic rings. The van der Waals surface area contributed by atoms with E-state index in [4.69, 9.17) is 0 Å². The zero-order chi connectivity index (χ0) is 27.9. The number of fused-ring (bicyclic) bond motifs is 1. The summed E-state index contributed by atoms with van der Waals surface area (Å²) < 4.78 is 39.8. The Hall–Kier alpha value is -2.94. The van der Waals surface area contributed by atoms with Gasteiger partial charge in [-0.15, -0.1) is 0 Å². The van der Waals surface area contributed by atoms with E-state index in [0.717, 1.165) is 63.0 Å². The van der Waals surface area contributed by atoms with E-state index < -0.39 is 23.1 Å². The first-order valence-electron chi connectivity index (χ1n) is 13.9. The number of rotatable bonds is 5. The Morgan fingerprint density at radius 1 is 1.10 bits per heavy atom. The number of hydrogen-bond acceptors (Lipinski definition) is 4. The number of alkyl halides is 3. The normalized spacial score (nSPS) is 24.7. The highest BCUT2D eigenvalue weighted by Gasteiger charge is 2.51. The Morgan fingerprint density at radius 3 is 2.51 bits per heavy atom. The van der Waals surface area contributed by atoms with Crippen LogP contribution >= 0.6 is 0 Å². The van der Waals surface area contributed by atoms with Crippen LogP contribution in [0.2, 0.25) is 0 Å². The molecule has 0 unspecified atom stereocenters. The molecule has 9 heteroatoms. The van der Waals surface area contributed by atoms with Crippen molar-refractivity contribution in [3.63, 3.8) is 0 Å². The zero-order valence-electron chi connectivity index (χ0n) is 22.5. The predicted molar refractivity (Wildman–Crippen MR) is 140 cm³/mol. The fraction of sp³-hybridized carbons (Fsp3) is 0.567. The van der Waals surface area contributed by atoms with Crippen LogP contribution in [0.5, 0.6) is 0 Å².